The highest BCUT2D eigenvalue weighted by molar-refractivity contribution is 6.30. The van der Waals surface area contributed by atoms with Crippen LogP contribution in [0, 0.1) is 5.92 Å². The molecular weight excluding hydrogens is 406 g/mol. The Balaban J connectivity index is 1.22. The van der Waals surface area contributed by atoms with Crippen LogP contribution < -0.4 is 19.3 Å². The zero-order valence-corrected chi connectivity index (χ0v) is 17.2. The summed E-state index contributed by atoms with van der Waals surface area (Å²) < 4.78 is 10.7. The minimum atomic E-state index is -0.319. The lowest BCUT2D eigenvalue weighted by Gasteiger charge is -2.37. The van der Waals surface area contributed by atoms with Crippen molar-refractivity contribution < 1.29 is 19.1 Å². The summed E-state index contributed by atoms with van der Waals surface area (Å²) in [6, 6.07) is 13.2. The first-order valence-electron chi connectivity index (χ1n) is 10.1. The zero-order valence-electron chi connectivity index (χ0n) is 16.4. The van der Waals surface area contributed by atoms with Crippen molar-refractivity contribution in [3.63, 3.8) is 0 Å². The second-order valence-electron chi connectivity index (χ2n) is 7.74. The van der Waals surface area contributed by atoms with Crippen molar-refractivity contribution in [1.29, 1.82) is 0 Å². The lowest BCUT2D eigenvalue weighted by atomic mass is 10.1. The SMILES string of the molecule is O=C(C1CC(=O)N(c2ccc3c(c2)OCO3)C1)N1CCN(c2cccc(Cl)c2)CC1. The van der Waals surface area contributed by atoms with Crippen LogP contribution in [0.25, 0.3) is 0 Å². The lowest BCUT2D eigenvalue weighted by Crippen LogP contribution is -2.50. The number of nitrogens with zero attached hydrogens (tertiary/aromatic N) is 3. The molecule has 0 N–H and O–H groups in total. The maximum Gasteiger partial charge on any atom is 0.231 e. The van der Waals surface area contributed by atoms with Gasteiger partial charge < -0.3 is 24.2 Å². The molecule has 30 heavy (non-hydrogen) atoms. The van der Waals surface area contributed by atoms with Crippen LogP contribution in [-0.4, -0.2) is 56.2 Å². The fraction of sp³-hybridized carbons (Fsp3) is 0.364. The predicted molar refractivity (Wildman–Crippen MR) is 113 cm³/mol. The van der Waals surface area contributed by atoms with E-state index in [-0.39, 0.29) is 30.9 Å². The molecule has 2 aromatic rings. The normalized spacial score (nSPS) is 20.8. The highest BCUT2D eigenvalue weighted by Gasteiger charge is 2.38. The first-order valence-corrected chi connectivity index (χ1v) is 10.5. The van der Waals surface area contributed by atoms with Gasteiger partial charge in [0.05, 0.1) is 5.92 Å². The van der Waals surface area contributed by atoms with Crippen LogP contribution >= 0.6 is 11.6 Å². The molecule has 5 rings (SSSR count). The van der Waals surface area contributed by atoms with Gasteiger partial charge in [0, 0.05) is 61.6 Å². The third kappa shape index (κ3) is 3.54. The molecule has 3 aliphatic heterocycles. The second kappa shape index (κ2) is 7.72. The van der Waals surface area contributed by atoms with Gasteiger partial charge in [0.2, 0.25) is 18.6 Å². The third-order valence-corrected chi connectivity index (χ3v) is 6.14. The van der Waals surface area contributed by atoms with Crippen LogP contribution in [0.15, 0.2) is 42.5 Å². The Hall–Kier alpha value is -2.93. The molecule has 0 aromatic heterocycles. The maximum atomic E-state index is 13.1. The van der Waals surface area contributed by atoms with Crippen molar-refractivity contribution in [2.24, 2.45) is 5.92 Å². The molecule has 0 bridgehead atoms. The number of fused-ring (bicyclic) bond motifs is 1. The number of hydrogen-bond donors (Lipinski definition) is 0. The summed E-state index contributed by atoms with van der Waals surface area (Å²) in [5.74, 6) is 1.01. The van der Waals surface area contributed by atoms with E-state index in [9.17, 15) is 9.59 Å². The van der Waals surface area contributed by atoms with Gasteiger partial charge in [-0.15, -0.1) is 0 Å². The molecule has 0 radical (unpaired) electrons. The molecule has 2 saturated heterocycles. The largest absolute Gasteiger partial charge is 0.454 e. The highest BCUT2D eigenvalue weighted by Crippen LogP contribution is 2.37. The van der Waals surface area contributed by atoms with E-state index in [0.29, 0.717) is 36.2 Å². The molecule has 2 fully saturated rings. The quantitative estimate of drug-likeness (QED) is 0.753. The topological polar surface area (TPSA) is 62.3 Å². The Bertz CT molecular complexity index is 990. The molecule has 2 amide bonds. The van der Waals surface area contributed by atoms with Gasteiger partial charge in [-0.05, 0) is 30.3 Å². The Kier molecular flexibility index (Phi) is 4.90. The van der Waals surface area contributed by atoms with Gasteiger partial charge in [0.1, 0.15) is 0 Å². The second-order valence-corrected chi connectivity index (χ2v) is 8.17. The third-order valence-electron chi connectivity index (χ3n) is 5.91. The van der Waals surface area contributed by atoms with E-state index >= 15 is 0 Å². The summed E-state index contributed by atoms with van der Waals surface area (Å²) in [6.45, 7) is 3.36. The van der Waals surface area contributed by atoms with E-state index in [2.05, 4.69) is 4.90 Å². The van der Waals surface area contributed by atoms with Crippen molar-refractivity contribution in [3.8, 4) is 11.5 Å². The number of anilines is 2. The number of ether oxygens (including phenoxy) is 2. The number of halogens is 1. The van der Waals surface area contributed by atoms with Crippen molar-refractivity contribution in [2.75, 3.05) is 49.3 Å². The zero-order chi connectivity index (χ0) is 20.7. The molecule has 0 aliphatic carbocycles. The Labute approximate surface area is 179 Å². The molecule has 3 aliphatic rings. The molecule has 1 atom stereocenters. The molecule has 156 valence electrons. The van der Waals surface area contributed by atoms with Gasteiger partial charge in [-0.25, -0.2) is 0 Å². The molecular formula is C22H22ClN3O4. The van der Waals surface area contributed by atoms with Crippen molar-refractivity contribution in [1.82, 2.24) is 4.90 Å². The average molecular weight is 428 g/mol. The smallest absolute Gasteiger partial charge is 0.231 e. The minimum Gasteiger partial charge on any atom is -0.454 e. The highest BCUT2D eigenvalue weighted by atomic mass is 35.5. The molecule has 3 heterocycles. The van der Waals surface area contributed by atoms with E-state index < -0.39 is 0 Å². The number of piperazine rings is 1. The van der Waals surface area contributed by atoms with Gasteiger partial charge in [-0.1, -0.05) is 17.7 Å². The first-order chi connectivity index (χ1) is 14.6. The monoisotopic (exact) mass is 427 g/mol. The molecule has 2 aromatic carbocycles. The summed E-state index contributed by atoms with van der Waals surface area (Å²) in [4.78, 5) is 31.5. The van der Waals surface area contributed by atoms with Crippen molar-refractivity contribution in [3.05, 3.63) is 47.5 Å². The Morgan fingerprint density at radius 1 is 0.967 bits per heavy atom. The number of rotatable bonds is 3. The number of amides is 2. The van der Waals surface area contributed by atoms with Crippen LogP contribution in [0.5, 0.6) is 11.5 Å². The number of hydrogen-bond acceptors (Lipinski definition) is 5. The van der Waals surface area contributed by atoms with Crippen LogP contribution in [0.1, 0.15) is 6.42 Å². The maximum absolute atomic E-state index is 13.1. The summed E-state index contributed by atoms with van der Waals surface area (Å²) >= 11 is 6.10. The van der Waals surface area contributed by atoms with Gasteiger partial charge in [0.25, 0.3) is 0 Å². The molecule has 7 nitrogen and oxygen atoms in total. The van der Waals surface area contributed by atoms with Crippen molar-refractivity contribution in [2.45, 2.75) is 6.42 Å². The van der Waals surface area contributed by atoms with E-state index in [0.717, 1.165) is 24.5 Å². The average Bonchev–Trinajstić information content (AvgIpc) is 3.39. The first kappa shape index (κ1) is 19.1. The minimum absolute atomic E-state index is 0.0372. The number of benzene rings is 2. The van der Waals surface area contributed by atoms with E-state index in [1.807, 2.05) is 35.2 Å². The Morgan fingerprint density at radius 2 is 1.77 bits per heavy atom. The number of carbonyl (C=O) groups is 2. The predicted octanol–water partition coefficient (Wildman–Crippen LogP) is 2.77. The van der Waals surface area contributed by atoms with Crippen LogP contribution in [0.3, 0.4) is 0 Å². The fourth-order valence-corrected chi connectivity index (χ4v) is 4.48. The molecule has 1 unspecified atom stereocenters. The summed E-state index contributed by atoms with van der Waals surface area (Å²) in [5.41, 5.74) is 1.81. The van der Waals surface area contributed by atoms with E-state index in [1.54, 1.807) is 17.0 Å². The molecule has 0 saturated carbocycles. The van der Waals surface area contributed by atoms with E-state index in [1.165, 1.54) is 0 Å². The van der Waals surface area contributed by atoms with Gasteiger partial charge in [0.15, 0.2) is 11.5 Å². The van der Waals surface area contributed by atoms with Crippen LogP contribution in [0.4, 0.5) is 11.4 Å². The van der Waals surface area contributed by atoms with Crippen LogP contribution in [-0.2, 0) is 9.59 Å². The molecule has 8 heteroatoms. The molecule has 0 spiro atoms. The van der Waals surface area contributed by atoms with Crippen molar-refractivity contribution >= 4 is 34.8 Å². The standard InChI is InChI=1S/C22H22ClN3O4/c23-16-2-1-3-17(11-16)24-6-8-25(9-7-24)22(28)15-10-21(27)26(13-15)18-4-5-19-20(12-18)30-14-29-19/h1-5,11-12,15H,6-10,13-14H2. The summed E-state index contributed by atoms with van der Waals surface area (Å²) in [6.07, 6.45) is 0.238. The summed E-state index contributed by atoms with van der Waals surface area (Å²) in [7, 11) is 0. The van der Waals surface area contributed by atoms with Gasteiger partial charge >= 0.3 is 0 Å². The van der Waals surface area contributed by atoms with Crippen LogP contribution in [0.2, 0.25) is 5.02 Å². The fourth-order valence-electron chi connectivity index (χ4n) is 4.29. The van der Waals surface area contributed by atoms with Gasteiger partial charge in [-0.2, -0.15) is 0 Å². The Morgan fingerprint density at radius 3 is 2.57 bits per heavy atom. The van der Waals surface area contributed by atoms with E-state index in [4.69, 9.17) is 21.1 Å². The van der Waals surface area contributed by atoms with Gasteiger partial charge in [-0.3, -0.25) is 9.59 Å². The lowest BCUT2D eigenvalue weighted by molar-refractivity contribution is -0.136. The number of carbonyl (C=O) groups excluding carboxylic acids is 2. The summed E-state index contributed by atoms with van der Waals surface area (Å²) in [5, 5.41) is 0.707.